The Hall–Kier alpha value is -2.58. The van der Waals surface area contributed by atoms with Crippen molar-refractivity contribution < 1.29 is 19.7 Å². The number of piperidine rings is 2. The van der Waals surface area contributed by atoms with Crippen LogP contribution in [0.4, 0.5) is 0 Å². The van der Waals surface area contributed by atoms with Gasteiger partial charge in [0.1, 0.15) is 18.0 Å². The minimum absolute atomic E-state index is 0.0184. The van der Waals surface area contributed by atoms with Crippen LogP contribution >= 0.6 is 0 Å². The van der Waals surface area contributed by atoms with Crippen LogP contribution in [0.3, 0.4) is 0 Å². The van der Waals surface area contributed by atoms with Crippen LogP contribution in [0.15, 0.2) is 65.8 Å². The first-order valence-corrected chi connectivity index (χ1v) is 17.9. The van der Waals surface area contributed by atoms with Crippen molar-refractivity contribution in [3.63, 3.8) is 0 Å². The van der Waals surface area contributed by atoms with Crippen molar-refractivity contribution >= 4 is 11.5 Å². The molecule has 2 aliphatic heterocycles. The summed E-state index contributed by atoms with van der Waals surface area (Å²) in [7, 11) is 0. The summed E-state index contributed by atoms with van der Waals surface area (Å²) in [5.74, 6) is 0.469. The summed E-state index contributed by atoms with van der Waals surface area (Å²) in [6, 6.07) is 20.6. The fraction of sp³-hybridized carbons (Fsp3) is 0.650. The van der Waals surface area contributed by atoms with E-state index in [2.05, 4.69) is 116 Å². The zero-order valence-electron chi connectivity index (χ0n) is 31.3. The van der Waals surface area contributed by atoms with E-state index in [0.29, 0.717) is 12.2 Å². The Morgan fingerprint density at radius 3 is 1.45 bits per heavy atom. The van der Waals surface area contributed by atoms with Gasteiger partial charge in [0.05, 0.1) is 22.3 Å². The number of Topliss-reactive ketones (excluding diaryl/α,β-unsaturated/α-hetero) is 1. The van der Waals surface area contributed by atoms with Gasteiger partial charge in [-0.2, -0.15) is 10.1 Å². The molecule has 47 heavy (non-hydrogen) atoms. The van der Waals surface area contributed by atoms with Gasteiger partial charge in [-0.1, -0.05) is 107 Å². The van der Waals surface area contributed by atoms with E-state index >= 15 is 0 Å². The molecule has 2 saturated heterocycles. The number of nitrogens with zero attached hydrogens (tertiary/aromatic N) is 3. The Labute approximate surface area is 285 Å². The quantitative estimate of drug-likeness (QED) is 0.204. The van der Waals surface area contributed by atoms with E-state index in [0.717, 1.165) is 43.4 Å². The van der Waals surface area contributed by atoms with Crippen LogP contribution in [-0.2, 0) is 14.5 Å². The monoisotopic (exact) mass is 649 g/mol. The fourth-order valence-electron chi connectivity index (χ4n) is 7.45. The number of benzene rings is 2. The predicted molar refractivity (Wildman–Crippen MR) is 192 cm³/mol. The average Bonchev–Trinajstić information content (AvgIpc) is 3.10. The van der Waals surface area contributed by atoms with Crippen LogP contribution in [0.25, 0.3) is 0 Å². The minimum Gasteiger partial charge on any atom is -0.411 e. The van der Waals surface area contributed by atoms with Gasteiger partial charge in [-0.05, 0) is 78.4 Å². The Bertz CT molecular complexity index is 1320. The van der Waals surface area contributed by atoms with Crippen LogP contribution in [0.2, 0.25) is 0 Å². The fourth-order valence-corrected chi connectivity index (χ4v) is 7.45. The molecule has 8 unspecified atom stereocenters. The van der Waals surface area contributed by atoms with Gasteiger partial charge in [0, 0.05) is 30.2 Å². The van der Waals surface area contributed by atoms with Crippen LogP contribution in [0.1, 0.15) is 145 Å². The van der Waals surface area contributed by atoms with Crippen LogP contribution < -0.4 is 0 Å². The van der Waals surface area contributed by atoms with Gasteiger partial charge in [-0.3, -0.25) is 14.5 Å². The third kappa shape index (κ3) is 7.85. The standard InChI is InChI=1S/C20H32N2O2.C20H31NO2/c1-7-19(5)14-18(21-23)15(3)20(6,8-2)22(19)24-16(4)17-12-10-9-11-13-17;1-7-19(5)14-18(22)15(3)20(6,8-2)21(19)23-16(4)17-12-10-9-11-13-17/h9-13,15-16,23H,7-8,14H2,1-6H3;9-13,15-16H,7-8,14H2,1-6H3/b21-18+;. The zero-order chi connectivity index (χ0) is 35.2. The molecule has 2 aliphatic rings. The van der Waals surface area contributed by atoms with Gasteiger partial charge in [-0.25, -0.2) is 0 Å². The lowest BCUT2D eigenvalue weighted by molar-refractivity contribution is -0.315. The normalized spacial score (nSPS) is 34.0. The van der Waals surface area contributed by atoms with E-state index in [1.807, 2.05) is 43.3 Å². The topological polar surface area (TPSA) is 74.6 Å². The lowest BCUT2D eigenvalue weighted by atomic mass is 9.70. The molecule has 1 N–H and O–H groups in total. The van der Waals surface area contributed by atoms with Gasteiger partial charge in [-0.15, -0.1) is 0 Å². The minimum atomic E-state index is -0.275. The molecule has 4 rings (SSSR count). The molecular weight excluding hydrogens is 586 g/mol. The first-order chi connectivity index (χ1) is 22.1. The summed E-state index contributed by atoms with van der Waals surface area (Å²) >= 11 is 0. The molecule has 0 saturated carbocycles. The smallest absolute Gasteiger partial charge is 0.139 e. The molecule has 2 aromatic carbocycles. The van der Waals surface area contributed by atoms with E-state index in [-0.39, 0.29) is 46.2 Å². The van der Waals surface area contributed by atoms with E-state index in [4.69, 9.17) is 9.68 Å². The molecule has 7 heteroatoms. The molecule has 0 radical (unpaired) electrons. The van der Waals surface area contributed by atoms with Crippen LogP contribution in [0.5, 0.6) is 0 Å². The van der Waals surface area contributed by atoms with Crippen molar-refractivity contribution in [2.24, 2.45) is 17.0 Å². The maximum absolute atomic E-state index is 12.6. The maximum Gasteiger partial charge on any atom is 0.139 e. The summed E-state index contributed by atoms with van der Waals surface area (Å²) in [6.07, 6.45) is 4.84. The van der Waals surface area contributed by atoms with Gasteiger partial charge < -0.3 is 5.21 Å². The van der Waals surface area contributed by atoms with Crippen molar-refractivity contribution in [1.82, 2.24) is 10.1 Å². The molecule has 262 valence electrons. The van der Waals surface area contributed by atoms with E-state index in [9.17, 15) is 10.0 Å². The third-order valence-corrected chi connectivity index (χ3v) is 12.0. The van der Waals surface area contributed by atoms with Gasteiger partial charge in [0.25, 0.3) is 0 Å². The Morgan fingerprint density at radius 2 is 1.09 bits per heavy atom. The number of hydrogen-bond donors (Lipinski definition) is 1. The zero-order valence-corrected chi connectivity index (χ0v) is 31.3. The first-order valence-electron chi connectivity index (χ1n) is 17.9. The summed E-state index contributed by atoms with van der Waals surface area (Å²) < 4.78 is 0. The molecule has 7 nitrogen and oxygen atoms in total. The number of carbonyl (C=O) groups is 1. The van der Waals surface area contributed by atoms with Crippen molar-refractivity contribution in [3.8, 4) is 0 Å². The second-order valence-corrected chi connectivity index (χ2v) is 14.9. The van der Waals surface area contributed by atoms with Gasteiger partial charge in [0.2, 0.25) is 0 Å². The third-order valence-electron chi connectivity index (χ3n) is 12.0. The lowest BCUT2D eigenvalue weighted by Gasteiger charge is -2.57. The molecule has 8 atom stereocenters. The number of rotatable bonds is 10. The van der Waals surface area contributed by atoms with E-state index < -0.39 is 0 Å². The highest BCUT2D eigenvalue weighted by Crippen LogP contribution is 2.47. The molecule has 0 amide bonds. The van der Waals surface area contributed by atoms with Crippen molar-refractivity contribution in [2.45, 2.75) is 156 Å². The largest absolute Gasteiger partial charge is 0.411 e. The Morgan fingerprint density at radius 1 is 0.702 bits per heavy atom. The maximum atomic E-state index is 12.6. The summed E-state index contributed by atoms with van der Waals surface area (Å²) in [6.45, 7) is 25.7. The van der Waals surface area contributed by atoms with Crippen LogP contribution in [-0.4, -0.2) is 49.0 Å². The average molecular weight is 650 g/mol. The van der Waals surface area contributed by atoms with Gasteiger partial charge >= 0.3 is 0 Å². The highest BCUT2D eigenvalue weighted by Gasteiger charge is 2.55. The number of oxime groups is 1. The lowest BCUT2D eigenvalue weighted by Crippen LogP contribution is -2.66. The molecule has 0 bridgehead atoms. The summed E-state index contributed by atoms with van der Waals surface area (Å²) in [5.41, 5.74) is 2.27. The van der Waals surface area contributed by atoms with Crippen LogP contribution in [0, 0.1) is 11.8 Å². The second-order valence-electron chi connectivity index (χ2n) is 14.9. The second kappa shape index (κ2) is 15.8. The highest BCUT2D eigenvalue weighted by molar-refractivity contribution is 5.89. The highest BCUT2D eigenvalue weighted by atomic mass is 16.7. The number of carbonyl (C=O) groups excluding carboxylic acids is 1. The van der Waals surface area contributed by atoms with Crippen molar-refractivity contribution in [3.05, 3.63) is 71.8 Å². The molecule has 0 aliphatic carbocycles. The molecule has 2 aromatic rings. The summed E-state index contributed by atoms with van der Waals surface area (Å²) in [4.78, 5) is 25.6. The molecule has 0 aromatic heterocycles. The number of hydroxylamine groups is 4. The first kappa shape index (κ1) is 38.9. The molecular formula is C40H63N3O4. The number of hydrogen-bond acceptors (Lipinski definition) is 7. The Balaban J connectivity index is 0.000000256. The predicted octanol–water partition coefficient (Wildman–Crippen LogP) is 10.1. The van der Waals surface area contributed by atoms with E-state index in [1.165, 1.54) is 5.56 Å². The Kier molecular flexibility index (Phi) is 13.0. The molecule has 0 spiro atoms. The van der Waals surface area contributed by atoms with E-state index in [1.54, 1.807) is 0 Å². The van der Waals surface area contributed by atoms with Gasteiger partial charge in [0.15, 0.2) is 0 Å². The van der Waals surface area contributed by atoms with Crippen molar-refractivity contribution in [2.75, 3.05) is 0 Å². The van der Waals surface area contributed by atoms with Crippen molar-refractivity contribution in [1.29, 1.82) is 0 Å². The molecule has 2 fully saturated rings. The summed E-state index contributed by atoms with van der Waals surface area (Å²) in [5, 5.41) is 17.5. The molecule has 2 heterocycles. The SMILES string of the molecule is CCC1(C)C/C(=N\O)C(C)C(C)(CC)N1OC(C)c1ccccc1.CCC1(C)CC(=O)C(C)C(C)(CC)N1OC(C)c1ccccc1. The number of ketones is 1.